The predicted octanol–water partition coefficient (Wildman–Crippen LogP) is 3.54. The second kappa shape index (κ2) is 9.43. The fourth-order valence-corrected chi connectivity index (χ4v) is 2.74. The van der Waals surface area contributed by atoms with Crippen molar-refractivity contribution in [3.05, 3.63) is 65.2 Å². The molecule has 0 saturated carbocycles. The van der Waals surface area contributed by atoms with Crippen molar-refractivity contribution >= 4 is 17.5 Å². The summed E-state index contributed by atoms with van der Waals surface area (Å²) in [6, 6.07) is 14.3. The molecule has 0 atom stereocenters. The summed E-state index contributed by atoms with van der Waals surface area (Å²) >= 11 is 0. The molecular formula is C21H22O6. The Labute approximate surface area is 158 Å². The lowest BCUT2D eigenvalue weighted by Gasteiger charge is -2.16. The van der Waals surface area contributed by atoms with Gasteiger partial charge in [0.15, 0.2) is 11.5 Å². The van der Waals surface area contributed by atoms with Gasteiger partial charge in [-0.15, -0.1) is 0 Å². The molecule has 0 unspecified atom stereocenters. The average Bonchev–Trinajstić information content (AvgIpc) is 2.68. The van der Waals surface area contributed by atoms with Crippen molar-refractivity contribution in [3.8, 4) is 11.5 Å². The molecule has 2 aromatic rings. The average molecular weight is 370 g/mol. The summed E-state index contributed by atoms with van der Waals surface area (Å²) < 4.78 is 15.7. The summed E-state index contributed by atoms with van der Waals surface area (Å²) in [6.45, 7) is 1.82. The minimum atomic E-state index is -1.12. The van der Waals surface area contributed by atoms with Crippen LogP contribution in [0.4, 0.5) is 0 Å². The minimum Gasteiger partial charge on any atom is -0.493 e. The molecule has 0 bridgehead atoms. The molecule has 142 valence electrons. The quantitative estimate of drug-likeness (QED) is 0.565. The summed E-state index contributed by atoms with van der Waals surface area (Å²) in [5, 5.41) is 9.34. The standard InChI is InChI=1S/C21H22O6/c1-4-27-21(24)16(13-19(22)23)20(14-8-6-5-7-9-14)15-10-11-17(25-2)18(12-15)26-3/h5-12H,4,13H2,1-3H3,(H,22,23)/b20-16+. The molecule has 6 heteroatoms. The first kappa shape index (κ1) is 20.0. The third-order valence-electron chi connectivity index (χ3n) is 3.89. The van der Waals surface area contributed by atoms with E-state index in [-0.39, 0.29) is 12.2 Å². The van der Waals surface area contributed by atoms with Crippen molar-refractivity contribution in [1.82, 2.24) is 0 Å². The van der Waals surface area contributed by atoms with Crippen LogP contribution in [-0.4, -0.2) is 37.9 Å². The molecule has 6 nitrogen and oxygen atoms in total. The lowest BCUT2D eigenvalue weighted by molar-refractivity contribution is -0.142. The normalized spacial score (nSPS) is 11.4. The van der Waals surface area contributed by atoms with Crippen molar-refractivity contribution < 1.29 is 28.9 Å². The molecule has 2 rings (SSSR count). The Hall–Kier alpha value is -3.28. The van der Waals surface area contributed by atoms with Crippen LogP contribution in [0.5, 0.6) is 11.5 Å². The Morgan fingerprint density at radius 1 is 0.926 bits per heavy atom. The second-order valence-electron chi connectivity index (χ2n) is 5.58. The van der Waals surface area contributed by atoms with Crippen LogP contribution in [0.1, 0.15) is 24.5 Å². The number of esters is 1. The maximum Gasteiger partial charge on any atom is 0.335 e. The van der Waals surface area contributed by atoms with Crippen LogP contribution in [0.2, 0.25) is 0 Å². The van der Waals surface area contributed by atoms with Gasteiger partial charge in [-0.05, 0) is 30.2 Å². The van der Waals surface area contributed by atoms with E-state index in [1.807, 2.05) is 30.3 Å². The van der Waals surface area contributed by atoms with E-state index in [0.717, 1.165) is 0 Å². The van der Waals surface area contributed by atoms with Gasteiger partial charge in [0.2, 0.25) is 0 Å². The van der Waals surface area contributed by atoms with Crippen LogP contribution in [0.25, 0.3) is 5.57 Å². The van der Waals surface area contributed by atoms with Crippen molar-refractivity contribution in [1.29, 1.82) is 0 Å². The Morgan fingerprint density at radius 3 is 2.15 bits per heavy atom. The third-order valence-corrected chi connectivity index (χ3v) is 3.89. The molecule has 0 saturated heterocycles. The Kier molecular flexibility index (Phi) is 7.00. The summed E-state index contributed by atoms with van der Waals surface area (Å²) in [5.74, 6) is -0.771. The van der Waals surface area contributed by atoms with Crippen molar-refractivity contribution in [2.24, 2.45) is 0 Å². The fourth-order valence-electron chi connectivity index (χ4n) is 2.74. The molecule has 0 heterocycles. The van der Waals surface area contributed by atoms with E-state index >= 15 is 0 Å². The highest BCUT2D eigenvalue weighted by atomic mass is 16.5. The molecule has 0 aromatic heterocycles. The summed E-state index contributed by atoms with van der Waals surface area (Å²) in [5.41, 5.74) is 1.89. The van der Waals surface area contributed by atoms with E-state index in [9.17, 15) is 14.7 Å². The highest BCUT2D eigenvalue weighted by Crippen LogP contribution is 2.35. The maximum atomic E-state index is 12.5. The number of aliphatic carboxylic acids is 1. The van der Waals surface area contributed by atoms with Crippen LogP contribution < -0.4 is 9.47 Å². The number of carboxylic acids is 1. The lowest BCUT2D eigenvalue weighted by Crippen LogP contribution is -2.14. The number of carbonyl (C=O) groups excluding carboxylic acids is 1. The van der Waals surface area contributed by atoms with Gasteiger partial charge in [-0.1, -0.05) is 36.4 Å². The monoisotopic (exact) mass is 370 g/mol. The molecule has 0 aliphatic carbocycles. The van der Waals surface area contributed by atoms with Gasteiger partial charge in [0.05, 0.1) is 32.8 Å². The first-order chi connectivity index (χ1) is 13.0. The molecular weight excluding hydrogens is 348 g/mol. The maximum absolute atomic E-state index is 12.5. The largest absolute Gasteiger partial charge is 0.493 e. The third kappa shape index (κ3) is 4.88. The Balaban J connectivity index is 2.77. The van der Waals surface area contributed by atoms with Crippen molar-refractivity contribution in [3.63, 3.8) is 0 Å². The zero-order valence-electron chi connectivity index (χ0n) is 15.5. The zero-order chi connectivity index (χ0) is 19.8. The fraction of sp³-hybridized carbons (Fsp3) is 0.238. The van der Waals surface area contributed by atoms with E-state index in [4.69, 9.17) is 14.2 Å². The number of benzene rings is 2. The van der Waals surface area contributed by atoms with Gasteiger partial charge in [-0.25, -0.2) is 4.79 Å². The molecule has 0 aliphatic heterocycles. The van der Waals surface area contributed by atoms with Crippen LogP contribution in [0.3, 0.4) is 0 Å². The van der Waals surface area contributed by atoms with Gasteiger partial charge >= 0.3 is 11.9 Å². The Bertz CT molecular complexity index is 839. The first-order valence-corrected chi connectivity index (χ1v) is 8.41. The molecule has 1 N–H and O–H groups in total. The molecule has 2 aromatic carbocycles. The number of hydrogen-bond donors (Lipinski definition) is 1. The van der Waals surface area contributed by atoms with Gasteiger partial charge in [0, 0.05) is 5.57 Å². The van der Waals surface area contributed by atoms with E-state index in [0.29, 0.717) is 28.2 Å². The van der Waals surface area contributed by atoms with Gasteiger partial charge < -0.3 is 19.3 Å². The molecule has 27 heavy (non-hydrogen) atoms. The van der Waals surface area contributed by atoms with E-state index in [1.54, 1.807) is 25.1 Å². The first-order valence-electron chi connectivity index (χ1n) is 8.41. The molecule has 0 aliphatic rings. The highest BCUT2D eigenvalue weighted by Gasteiger charge is 2.23. The van der Waals surface area contributed by atoms with Crippen LogP contribution in [0.15, 0.2) is 54.1 Å². The summed E-state index contributed by atoms with van der Waals surface area (Å²) in [7, 11) is 3.04. The minimum absolute atomic E-state index is 0.0720. The van der Waals surface area contributed by atoms with Gasteiger partial charge in [0.25, 0.3) is 0 Å². The van der Waals surface area contributed by atoms with E-state index < -0.39 is 18.4 Å². The van der Waals surface area contributed by atoms with Gasteiger partial charge in [-0.2, -0.15) is 0 Å². The number of carboxylic acid groups (broad SMARTS) is 1. The number of methoxy groups -OCH3 is 2. The lowest BCUT2D eigenvalue weighted by atomic mass is 9.91. The van der Waals surface area contributed by atoms with Crippen LogP contribution in [0, 0.1) is 0 Å². The molecule has 0 fully saturated rings. The summed E-state index contributed by atoms with van der Waals surface area (Å²) in [4.78, 5) is 24.0. The predicted molar refractivity (Wildman–Crippen MR) is 101 cm³/mol. The number of carbonyl (C=O) groups is 2. The van der Waals surface area contributed by atoms with Gasteiger partial charge in [-0.3, -0.25) is 4.79 Å². The second-order valence-corrected chi connectivity index (χ2v) is 5.58. The van der Waals surface area contributed by atoms with E-state index in [1.165, 1.54) is 14.2 Å². The number of rotatable bonds is 8. The van der Waals surface area contributed by atoms with Crippen LogP contribution >= 0.6 is 0 Å². The molecule has 0 spiro atoms. The SMILES string of the molecule is CCOC(=O)/C(CC(=O)O)=C(\c1ccccc1)c1ccc(OC)c(OC)c1. The molecule has 0 amide bonds. The van der Waals surface area contributed by atoms with E-state index in [2.05, 4.69) is 0 Å². The topological polar surface area (TPSA) is 82.1 Å². The molecule has 0 radical (unpaired) electrons. The van der Waals surface area contributed by atoms with Crippen molar-refractivity contribution in [2.75, 3.05) is 20.8 Å². The smallest absolute Gasteiger partial charge is 0.335 e. The Morgan fingerprint density at radius 2 is 1.59 bits per heavy atom. The zero-order valence-corrected chi connectivity index (χ0v) is 15.5. The number of ether oxygens (including phenoxy) is 3. The van der Waals surface area contributed by atoms with Crippen molar-refractivity contribution in [2.45, 2.75) is 13.3 Å². The summed E-state index contributed by atoms with van der Waals surface area (Å²) in [6.07, 6.45) is -0.461. The number of hydrogen-bond acceptors (Lipinski definition) is 5. The van der Waals surface area contributed by atoms with Crippen LogP contribution in [-0.2, 0) is 14.3 Å². The highest BCUT2D eigenvalue weighted by molar-refractivity contribution is 6.05. The van der Waals surface area contributed by atoms with Gasteiger partial charge in [0.1, 0.15) is 0 Å².